The summed E-state index contributed by atoms with van der Waals surface area (Å²) >= 11 is 1.47. The average Bonchev–Trinajstić information content (AvgIpc) is 3.56. The highest BCUT2D eigenvalue weighted by Gasteiger charge is 2.19. The first-order chi connectivity index (χ1) is 17.3. The van der Waals surface area contributed by atoms with E-state index in [0.717, 1.165) is 34.1 Å². The van der Waals surface area contributed by atoms with Crippen LogP contribution in [0.1, 0.15) is 12.8 Å². The Hall–Kier alpha value is -4.11. The number of ether oxygens (including phenoxy) is 2. The topological polar surface area (TPSA) is 88.1 Å². The van der Waals surface area contributed by atoms with Gasteiger partial charge in [0.15, 0.2) is 11.0 Å². The van der Waals surface area contributed by atoms with Gasteiger partial charge in [0.2, 0.25) is 11.7 Å². The Morgan fingerprint density at radius 1 is 0.943 bits per heavy atom. The molecule has 9 heteroatoms. The fraction of sp³-hybridized carbons (Fsp3) is 0.154. The van der Waals surface area contributed by atoms with Crippen LogP contribution in [0.3, 0.4) is 0 Å². The zero-order valence-corrected chi connectivity index (χ0v) is 20.1. The summed E-state index contributed by atoms with van der Waals surface area (Å²) in [7, 11) is 1.65. The maximum atomic E-state index is 5.70. The molecule has 2 heterocycles. The summed E-state index contributed by atoms with van der Waals surface area (Å²) in [5.41, 5.74) is 2.65. The molecular formula is C26H23N5O3S. The Morgan fingerprint density at radius 2 is 1.77 bits per heavy atom. The van der Waals surface area contributed by atoms with Crippen LogP contribution in [0.4, 0.5) is 0 Å². The Labute approximate surface area is 206 Å². The summed E-state index contributed by atoms with van der Waals surface area (Å²) < 4.78 is 18.6. The van der Waals surface area contributed by atoms with Crippen molar-refractivity contribution in [1.82, 2.24) is 24.9 Å². The van der Waals surface area contributed by atoms with Crippen LogP contribution in [0.2, 0.25) is 0 Å². The highest BCUT2D eigenvalue weighted by atomic mass is 32.2. The third kappa shape index (κ3) is 4.90. The molecule has 0 atom stereocenters. The maximum absolute atomic E-state index is 5.70. The molecule has 0 saturated heterocycles. The van der Waals surface area contributed by atoms with Gasteiger partial charge in [-0.25, -0.2) is 0 Å². The summed E-state index contributed by atoms with van der Waals surface area (Å²) in [6.45, 7) is 2.50. The predicted molar refractivity (Wildman–Crippen MR) is 134 cm³/mol. The molecule has 0 aliphatic rings. The van der Waals surface area contributed by atoms with Crippen LogP contribution in [-0.2, 0) is 5.75 Å². The van der Waals surface area contributed by atoms with Gasteiger partial charge in [-0.2, -0.15) is 4.98 Å². The highest BCUT2D eigenvalue weighted by Crippen LogP contribution is 2.32. The third-order valence-corrected chi connectivity index (χ3v) is 6.11. The van der Waals surface area contributed by atoms with Crippen LogP contribution >= 0.6 is 11.8 Å². The molecule has 2 aromatic heterocycles. The number of para-hydroxylation sites is 2. The smallest absolute Gasteiger partial charge is 0.237 e. The van der Waals surface area contributed by atoms with Crippen molar-refractivity contribution < 1.29 is 14.0 Å². The zero-order valence-electron chi connectivity index (χ0n) is 19.3. The van der Waals surface area contributed by atoms with Crippen molar-refractivity contribution in [3.63, 3.8) is 0 Å². The third-order valence-electron chi connectivity index (χ3n) is 5.20. The first-order valence-electron chi connectivity index (χ1n) is 11.1. The number of aromatic nitrogens is 5. The van der Waals surface area contributed by atoms with Crippen LogP contribution in [0.15, 0.2) is 88.5 Å². The molecule has 3 aromatic carbocycles. The summed E-state index contributed by atoms with van der Waals surface area (Å²) in [4.78, 5) is 4.58. The molecule has 8 nitrogen and oxygen atoms in total. The van der Waals surface area contributed by atoms with E-state index in [2.05, 4.69) is 20.3 Å². The van der Waals surface area contributed by atoms with Gasteiger partial charge in [0.25, 0.3) is 0 Å². The molecule has 0 aliphatic heterocycles. The lowest BCUT2D eigenvalue weighted by atomic mass is 10.2. The van der Waals surface area contributed by atoms with Gasteiger partial charge in [-0.3, -0.25) is 4.57 Å². The van der Waals surface area contributed by atoms with Crippen molar-refractivity contribution in [2.24, 2.45) is 0 Å². The standard InChI is InChI=1S/C26H23N5O3S/c1-3-33-22-15-8-7-14-21(22)24-27-23(34-30-24)17-35-26-29-28-25(18-10-9-13-20(16-18)32-2)31(26)19-11-5-4-6-12-19/h4-16H,3,17H2,1-2H3. The molecule has 0 unspecified atom stereocenters. The number of hydrogen-bond donors (Lipinski definition) is 0. The summed E-state index contributed by atoms with van der Waals surface area (Å²) in [5.74, 6) is 3.61. The largest absolute Gasteiger partial charge is 0.497 e. The van der Waals surface area contributed by atoms with Crippen LogP contribution < -0.4 is 9.47 Å². The Bertz CT molecular complexity index is 1420. The maximum Gasteiger partial charge on any atom is 0.237 e. The van der Waals surface area contributed by atoms with E-state index in [-0.39, 0.29) is 0 Å². The summed E-state index contributed by atoms with van der Waals surface area (Å²) in [5, 5.41) is 13.8. The molecule has 0 radical (unpaired) electrons. The van der Waals surface area contributed by atoms with Crippen molar-refractivity contribution in [2.75, 3.05) is 13.7 Å². The van der Waals surface area contributed by atoms with E-state index in [1.165, 1.54) is 11.8 Å². The highest BCUT2D eigenvalue weighted by molar-refractivity contribution is 7.98. The van der Waals surface area contributed by atoms with E-state index in [9.17, 15) is 0 Å². The van der Waals surface area contributed by atoms with Gasteiger partial charge < -0.3 is 14.0 Å². The zero-order chi connectivity index (χ0) is 24.0. The Kier molecular flexibility index (Phi) is 6.76. The fourth-order valence-electron chi connectivity index (χ4n) is 3.60. The number of nitrogens with zero attached hydrogens (tertiary/aromatic N) is 5. The first-order valence-corrected chi connectivity index (χ1v) is 12.1. The lowest BCUT2D eigenvalue weighted by Gasteiger charge is -2.10. The molecule has 5 rings (SSSR count). The van der Waals surface area contributed by atoms with E-state index in [0.29, 0.717) is 29.2 Å². The molecule has 0 N–H and O–H groups in total. The van der Waals surface area contributed by atoms with Gasteiger partial charge in [0.1, 0.15) is 11.5 Å². The monoisotopic (exact) mass is 485 g/mol. The van der Waals surface area contributed by atoms with E-state index in [1.54, 1.807) is 7.11 Å². The second-order valence-corrected chi connectivity index (χ2v) is 8.38. The van der Waals surface area contributed by atoms with Crippen molar-refractivity contribution in [3.05, 3.63) is 84.8 Å². The molecule has 0 amide bonds. The molecule has 0 saturated carbocycles. The number of thioether (sulfide) groups is 1. The first kappa shape index (κ1) is 22.7. The quantitative estimate of drug-likeness (QED) is 0.246. The van der Waals surface area contributed by atoms with E-state index >= 15 is 0 Å². The molecule has 176 valence electrons. The van der Waals surface area contributed by atoms with Crippen LogP contribution in [-0.4, -0.2) is 38.6 Å². The molecule has 5 aromatic rings. The predicted octanol–water partition coefficient (Wildman–Crippen LogP) is 5.68. The molecular weight excluding hydrogens is 462 g/mol. The van der Waals surface area contributed by atoms with Crippen molar-refractivity contribution >= 4 is 11.8 Å². The van der Waals surface area contributed by atoms with E-state index in [1.807, 2.05) is 90.4 Å². The van der Waals surface area contributed by atoms with E-state index < -0.39 is 0 Å². The SMILES string of the molecule is CCOc1ccccc1-c1noc(CSc2nnc(-c3cccc(OC)c3)n2-c2ccccc2)n1. The normalized spacial score (nSPS) is 10.9. The lowest BCUT2D eigenvalue weighted by Crippen LogP contribution is -2.00. The lowest BCUT2D eigenvalue weighted by molar-refractivity contribution is 0.341. The van der Waals surface area contributed by atoms with Crippen LogP contribution in [0.5, 0.6) is 11.5 Å². The molecule has 0 aliphatic carbocycles. The molecule has 0 bridgehead atoms. The van der Waals surface area contributed by atoms with E-state index in [4.69, 9.17) is 14.0 Å². The number of hydrogen-bond acceptors (Lipinski definition) is 8. The Morgan fingerprint density at radius 3 is 2.60 bits per heavy atom. The number of methoxy groups -OCH3 is 1. The van der Waals surface area contributed by atoms with Gasteiger partial charge >= 0.3 is 0 Å². The van der Waals surface area contributed by atoms with Crippen LogP contribution in [0.25, 0.3) is 28.5 Å². The van der Waals surface area contributed by atoms with Crippen molar-refractivity contribution in [1.29, 1.82) is 0 Å². The molecule has 0 spiro atoms. The van der Waals surface area contributed by atoms with Crippen molar-refractivity contribution in [2.45, 2.75) is 17.8 Å². The summed E-state index contributed by atoms with van der Waals surface area (Å²) in [6.07, 6.45) is 0. The minimum Gasteiger partial charge on any atom is -0.497 e. The van der Waals surface area contributed by atoms with Gasteiger partial charge in [-0.15, -0.1) is 10.2 Å². The Balaban J connectivity index is 1.43. The minimum absolute atomic E-state index is 0.437. The number of benzene rings is 3. The van der Waals surface area contributed by atoms with Gasteiger partial charge in [-0.1, -0.05) is 59.4 Å². The average molecular weight is 486 g/mol. The minimum atomic E-state index is 0.437. The second-order valence-electron chi connectivity index (χ2n) is 7.44. The van der Waals surface area contributed by atoms with Crippen LogP contribution in [0, 0.1) is 0 Å². The fourth-order valence-corrected chi connectivity index (χ4v) is 4.39. The van der Waals surface area contributed by atoms with Gasteiger partial charge in [0, 0.05) is 11.3 Å². The summed E-state index contributed by atoms with van der Waals surface area (Å²) in [6, 6.07) is 25.4. The van der Waals surface area contributed by atoms with Gasteiger partial charge in [-0.05, 0) is 43.3 Å². The second kappa shape index (κ2) is 10.4. The number of rotatable bonds is 9. The van der Waals surface area contributed by atoms with Crippen molar-refractivity contribution in [3.8, 4) is 40.0 Å². The molecule has 35 heavy (non-hydrogen) atoms. The molecule has 0 fully saturated rings. The van der Waals surface area contributed by atoms with Gasteiger partial charge in [0.05, 0.1) is 25.0 Å².